The summed E-state index contributed by atoms with van der Waals surface area (Å²) in [5.74, 6) is 0. The van der Waals surface area contributed by atoms with Crippen molar-refractivity contribution >= 4 is 10.0 Å². The van der Waals surface area contributed by atoms with E-state index in [0.717, 1.165) is 6.42 Å². The molecule has 1 aliphatic heterocycles. The van der Waals surface area contributed by atoms with Gasteiger partial charge in [-0.05, 0) is 37.6 Å². The van der Waals surface area contributed by atoms with Crippen LogP contribution in [0, 0.1) is 0 Å². The Morgan fingerprint density at radius 1 is 1.04 bits per heavy atom. The molecule has 11 heteroatoms. The second-order valence-electron chi connectivity index (χ2n) is 5.39. The summed E-state index contributed by atoms with van der Waals surface area (Å²) in [5.41, 5.74) is -3.34. The predicted octanol–water partition coefficient (Wildman–Crippen LogP) is 2.75. The number of hydrogen-bond acceptors (Lipinski definition) is 3. The van der Waals surface area contributed by atoms with Crippen molar-refractivity contribution in [2.75, 3.05) is 13.1 Å². The van der Waals surface area contributed by atoms with Crippen LogP contribution in [0.2, 0.25) is 0 Å². The van der Waals surface area contributed by atoms with Gasteiger partial charge in [0.1, 0.15) is 0 Å². The molecule has 0 spiro atoms. The molecule has 0 aliphatic carbocycles. The fourth-order valence-electron chi connectivity index (χ4n) is 2.31. The number of benzene rings is 1. The van der Waals surface area contributed by atoms with Crippen LogP contribution >= 0.6 is 0 Å². The Morgan fingerprint density at radius 3 is 2.00 bits per heavy atom. The van der Waals surface area contributed by atoms with Gasteiger partial charge in [-0.25, -0.2) is 13.1 Å². The first-order chi connectivity index (χ1) is 10.9. The van der Waals surface area contributed by atoms with Gasteiger partial charge in [0.2, 0.25) is 10.0 Å². The first kappa shape index (κ1) is 19.0. The smallest absolute Gasteiger partial charge is 0.313 e. The van der Waals surface area contributed by atoms with Gasteiger partial charge < -0.3 is 5.32 Å². The molecular weight excluding hydrogens is 362 g/mol. The Kier molecular flexibility index (Phi) is 5.17. The van der Waals surface area contributed by atoms with Crippen LogP contribution in [0.4, 0.5) is 26.3 Å². The van der Waals surface area contributed by atoms with Crippen molar-refractivity contribution < 1.29 is 34.8 Å². The van der Waals surface area contributed by atoms with Crippen molar-refractivity contribution in [2.45, 2.75) is 36.1 Å². The molecule has 0 amide bonds. The Bertz CT molecular complexity index is 661. The second-order valence-corrected chi connectivity index (χ2v) is 7.15. The lowest BCUT2D eigenvalue weighted by atomic mass is 10.1. The first-order valence-corrected chi connectivity index (χ1v) is 8.40. The van der Waals surface area contributed by atoms with Crippen molar-refractivity contribution in [3.8, 4) is 0 Å². The molecule has 2 rings (SSSR count). The van der Waals surface area contributed by atoms with Crippen LogP contribution in [0.1, 0.15) is 24.0 Å². The van der Waals surface area contributed by atoms with E-state index in [2.05, 4.69) is 5.32 Å². The largest absolute Gasteiger partial charge is 0.416 e. The van der Waals surface area contributed by atoms with Crippen LogP contribution in [-0.4, -0.2) is 27.5 Å². The fourth-order valence-corrected chi connectivity index (χ4v) is 3.46. The Morgan fingerprint density at radius 2 is 1.58 bits per heavy atom. The van der Waals surface area contributed by atoms with E-state index in [4.69, 9.17) is 0 Å². The number of hydrogen-bond donors (Lipinski definition) is 2. The van der Waals surface area contributed by atoms with Crippen molar-refractivity contribution in [3.05, 3.63) is 29.3 Å². The molecule has 1 atom stereocenters. The SMILES string of the molecule is O=S(=O)(NC[C@@H]1CCCN1)c1cc(C(F)(F)F)cc(C(F)(F)F)c1. The quantitative estimate of drug-likeness (QED) is 0.795. The van der Waals surface area contributed by atoms with Crippen LogP contribution in [0.15, 0.2) is 23.1 Å². The van der Waals surface area contributed by atoms with Crippen LogP contribution in [0.3, 0.4) is 0 Å². The zero-order valence-corrected chi connectivity index (χ0v) is 12.9. The third-order valence-corrected chi connectivity index (χ3v) is 4.96. The van der Waals surface area contributed by atoms with Crippen LogP contribution in [0.5, 0.6) is 0 Å². The van der Waals surface area contributed by atoms with Gasteiger partial charge in [0.15, 0.2) is 0 Å². The van der Waals surface area contributed by atoms with Crippen molar-refractivity contribution in [2.24, 2.45) is 0 Å². The lowest BCUT2D eigenvalue weighted by Gasteiger charge is -2.16. The lowest BCUT2D eigenvalue weighted by molar-refractivity contribution is -0.143. The third kappa shape index (κ3) is 4.61. The van der Waals surface area contributed by atoms with E-state index in [0.29, 0.717) is 13.0 Å². The number of rotatable bonds is 4. The molecule has 0 aromatic heterocycles. The maximum atomic E-state index is 12.8. The third-order valence-electron chi connectivity index (χ3n) is 3.55. The van der Waals surface area contributed by atoms with E-state index in [1.54, 1.807) is 0 Å². The Labute approximate surface area is 134 Å². The number of nitrogens with one attached hydrogen (secondary N) is 2. The Hall–Kier alpha value is -1.33. The summed E-state index contributed by atoms with van der Waals surface area (Å²) in [7, 11) is -4.50. The van der Waals surface area contributed by atoms with E-state index >= 15 is 0 Å². The van der Waals surface area contributed by atoms with E-state index in [-0.39, 0.29) is 30.8 Å². The molecule has 24 heavy (non-hydrogen) atoms. The van der Waals surface area contributed by atoms with Gasteiger partial charge >= 0.3 is 12.4 Å². The van der Waals surface area contributed by atoms with Gasteiger partial charge in [0.05, 0.1) is 16.0 Å². The van der Waals surface area contributed by atoms with Gasteiger partial charge in [0.25, 0.3) is 0 Å². The van der Waals surface area contributed by atoms with E-state index in [1.165, 1.54) is 0 Å². The minimum Gasteiger partial charge on any atom is -0.313 e. The summed E-state index contributed by atoms with van der Waals surface area (Å²) < 4.78 is 103. The monoisotopic (exact) mass is 376 g/mol. The molecule has 1 heterocycles. The lowest BCUT2D eigenvalue weighted by Crippen LogP contribution is -2.37. The van der Waals surface area contributed by atoms with E-state index in [9.17, 15) is 34.8 Å². The van der Waals surface area contributed by atoms with Crippen LogP contribution in [0.25, 0.3) is 0 Å². The summed E-state index contributed by atoms with van der Waals surface area (Å²) in [5, 5.41) is 2.96. The maximum Gasteiger partial charge on any atom is 0.416 e. The highest BCUT2D eigenvalue weighted by Gasteiger charge is 2.38. The van der Waals surface area contributed by atoms with Crippen molar-refractivity contribution in [1.82, 2.24) is 10.0 Å². The normalized spacial score (nSPS) is 19.7. The fraction of sp³-hybridized carbons (Fsp3) is 0.538. The molecule has 1 aromatic carbocycles. The van der Waals surface area contributed by atoms with Crippen molar-refractivity contribution in [3.63, 3.8) is 0 Å². The van der Waals surface area contributed by atoms with Gasteiger partial charge in [-0.15, -0.1) is 0 Å². The molecule has 1 fully saturated rings. The van der Waals surface area contributed by atoms with E-state index < -0.39 is 38.4 Å². The summed E-state index contributed by atoms with van der Waals surface area (Å²) in [6.45, 7) is 0.564. The zero-order valence-electron chi connectivity index (χ0n) is 12.1. The molecule has 0 radical (unpaired) electrons. The van der Waals surface area contributed by atoms with E-state index in [1.807, 2.05) is 4.72 Å². The molecule has 0 unspecified atom stereocenters. The highest BCUT2D eigenvalue weighted by atomic mass is 32.2. The summed E-state index contributed by atoms with van der Waals surface area (Å²) in [6, 6.07) is 0.0734. The summed E-state index contributed by atoms with van der Waals surface area (Å²) in [6.07, 6.45) is -8.72. The minimum absolute atomic E-state index is 0.111. The first-order valence-electron chi connectivity index (χ1n) is 6.92. The average molecular weight is 376 g/mol. The zero-order chi connectivity index (χ0) is 18.2. The molecule has 0 bridgehead atoms. The number of sulfonamides is 1. The molecule has 1 saturated heterocycles. The maximum absolute atomic E-state index is 12.8. The van der Waals surface area contributed by atoms with Gasteiger partial charge in [-0.2, -0.15) is 26.3 Å². The molecule has 4 nitrogen and oxygen atoms in total. The van der Waals surface area contributed by atoms with Crippen LogP contribution in [-0.2, 0) is 22.4 Å². The number of halogens is 6. The van der Waals surface area contributed by atoms with Crippen molar-refractivity contribution in [1.29, 1.82) is 0 Å². The molecular formula is C13H14F6N2O2S. The number of alkyl halides is 6. The molecule has 136 valence electrons. The van der Waals surface area contributed by atoms with Gasteiger partial charge in [-0.3, -0.25) is 0 Å². The van der Waals surface area contributed by atoms with Crippen LogP contribution < -0.4 is 10.0 Å². The topological polar surface area (TPSA) is 58.2 Å². The van der Waals surface area contributed by atoms with Gasteiger partial charge in [-0.1, -0.05) is 0 Å². The molecule has 1 aromatic rings. The molecule has 0 saturated carbocycles. The average Bonchev–Trinajstić information content (AvgIpc) is 2.96. The molecule has 2 N–H and O–H groups in total. The Balaban J connectivity index is 2.36. The highest BCUT2D eigenvalue weighted by Crippen LogP contribution is 2.37. The minimum atomic E-state index is -5.10. The standard InChI is InChI=1S/C13H14F6N2O2S/c14-12(15,16)8-4-9(13(17,18)19)6-11(5-8)24(22,23)21-7-10-2-1-3-20-10/h4-6,10,20-21H,1-3,7H2/t10-/m0/s1. The van der Waals surface area contributed by atoms with Gasteiger partial charge in [0, 0.05) is 12.6 Å². The predicted molar refractivity (Wildman–Crippen MR) is 72.7 cm³/mol. The summed E-state index contributed by atoms with van der Waals surface area (Å²) >= 11 is 0. The second kappa shape index (κ2) is 6.52. The highest BCUT2D eigenvalue weighted by molar-refractivity contribution is 7.89. The summed E-state index contributed by atoms with van der Waals surface area (Å²) in [4.78, 5) is -1.07. The molecule has 1 aliphatic rings.